The highest BCUT2D eigenvalue weighted by Gasteiger charge is 2.22. The van der Waals surface area contributed by atoms with E-state index in [0.717, 1.165) is 0 Å². The Labute approximate surface area is 144 Å². The van der Waals surface area contributed by atoms with Gasteiger partial charge in [-0.05, 0) is 23.4 Å². The zero-order chi connectivity index (χ0) is 18.6. The van der Waals surface area contributed by atoms with Crippen molar-refractivity contribution in [3.05, 3.63) is 72.8 Å². The molecule has 10 nitrogen and oxygen atoms in total. The molecule has 0 radical (unpaired) electrons. The predicted octanol–water partition coefficient (Wildman–Crippen LogP) is 1.99. The Morgan fingerprint density at radius 1 is 1.12 bits per heavy atom. The van der Waals surface area contributed by atoms with E-state index in [0.29, 0.717) is 22.7 Å². The third kappa shape index (κ3) is 4.26. The Bertz CT molecular complexity index is 882. The third-order valence-electron chi connectivity index (χ3n) is 2.96. The third-order valence-corrected chi connectivity index (χ3v) is 3.21. The Hall–Kier alpha value is -3.53. The lowest BCUT2D eigenvalue weighted by Gasteiger charge is -2.11. The molecule has 0 saturated carbocycles. The summed E-state index contributed by atoms with van der Waals surface area (Å²) < 4.78 is 0. The number of nitrogens with one attached hydrogen (secondary N) is 1. The zero-order valence-corrected chi connectivity index (χ0v) is 13.0. The maximum atomic E-state index is 12.0. The summed E-state index contributed by atoms with van der Waals surface area (Å²) in [5, 5.41) is 37.6. The van der Waals surface area contributed by atoms with Gasteiger partial charge in [-0.2, -0.15) is 5.10 Å². The first-order valence-corrected chi connectivity index (χ1v) is 6.90. The highest BCUT2D eigenvalue weighted by atomic mass is 35.5. The predicted molar refractivity (Wildman–Crippen MR) is 85.7 cm³/mol. The van der Waals surface area contributed by atoms with Gasteiger partial charge in [0.25, 0.3) is 17.3 Å². The van der Waals surface area contributed by atoms with Gasteiger partial charge in [-0.3, -0.25) is 25.0 Å². The first-order valence-electron chi connectivity index (χ1n) is 6.52. The van der Waals surface area contributed by atoms with Gasteiger partial charge in [-0.15, -0.1) is 0 Å². The molecular formula is C14H8ClN4O6-. The summed E-state index contributed by atoms with van der Waals surface area (Å²) in [5.41, 5.74) is -0.00752. The van der Waals surface area contributed by atoms with Crippen LogP contribution in [0.5, 0.6) is 5.75 Å². The summed E-state index contributed by atoms with van der Waals surface area (Å²) >= 11 is 5.72. The van der Waals surface area contributed by atoms with Crippen LogP contribution >= 0.6 is 11.6 Å². The minimum absolute atomic E-state index is 0.496. The van der Waals surface area contributed by atoms with Gasteiger partial charge < -0.3 is 5.11 Å². The number of non-ortho nitro benzene ring substituents is 1. The number of nitro benzene ring substituents is 2. The molecule has 0 fully saturated rings. The second-order valence-electron chi connectivity index (χ2n) is 4.61. The standard InChI is InChI=1S/C14H9ClN4O6/c15-9-3-1-8(2-4-9)7-16-17-14(21)11-5-10(18(22)23)6-12(13(11)20)19(24)25/h1-7,20H,(H,17,21)/p-1/b16-7-. The van der Waals surface area contributed by atoms with Crippen molar-refractivity contribution in [1.82, 2.24) is 5.43 Å². The van der Waals surface area contributed by atoms with Crippen molar-refractivity contribution in [3.8, 4) is 5.75 Å². The molecule has 128 valence electrons. The van der Waals surface area contributed by atoms with E-state index in [9.17, 15) is 30.1 Å². The molecule has 0 unspecified atom stereocenters. The van der Waals surface area contributed by atoms with E-state index in [1.807, 2.05) is 5.43 Å². The van der Waals surface area contributed by atoms with Crippen molar-refractivity contribution >= 4 is 35.1 Å². The van der Waals surface area contributed by atoms with Gasteiger partial charge in [-0.25, -0.2) is 5.43 Å². The Morgan fingerprint density at radius 2 is 1.76 bits per heavy atom. The molecule has 0 bridgehead atoms. The molecule has 1 amide bonds. The van der Waals surface area contributed by atoms with E-state index in [1.165, 1.54) is 6.21 Å². The van der Waals surface area contributed by atoms with Crippen LogP contribution < -0.4 is 10.5 Å². The number of amides is 1. The van der Waals surface area contributed by atoms with Crippen LogP contribution in [0.4, 0.5) is 11.4 Å². The van der Waals surface area contributed by atoms with Gasteiger partial charge in [0.15, 0.2) is 0 Å². The van der Waals surface area contributed by atoms with Crippen LogP contribution in [0.15, 0.2) is 41.5 Å². The summed E-state index contributed by atoms with van der Waals surface area (Å²) in [6, 6.07) is 7.54. The van der Waals surface area contributed by atoms with Gasteiger partial charge in [0.1, 0.15) is 0 Å². The van der Waals surface area contributed by atoms with Crippen LogP contribution in [0.2, 0.25) is 5.02 Å². The number of benzene rings is 2. The van der Waals surface area contributed by atoms with Crippen molar-refractivity contribution in [1.29, 1.82) is 0 Å². The molecule has 0 spiro atoms. The Morgan fingerprint density at radius 3 is 2.32 bits per heavy atom. The molecular weight excluding hydrogens is 356 g/mol. The van der Waals surface area contributed by atoms with Gasteiger partial charge in [0.2, 0.25) is 0 Å². The number of hydrazone groups is 1. The average molecular weight is 364 g/mol. The van der Waals surface area contributed by atoms with Crippen LogP contribution in [-0.4, -0.2) is 22.0 Å². The van der Waals surface area contributed by atoms with E-state index >= 15 is 0 Å². The molecule has 0 aromatic heterocycles. The van der Waals surface area contributed by atoms with Crippen molar-refractivity contribution in [3.63, 3.8) is 0 Å². The molecule has 25 heavy (non-hydrogen) atoms. The second-order valence-corrected chi connectivity index (χ2v) is 5.04. The van der Waals surface area contributed by atoms with Crippen molar-refractivity contribution in [2.75, 3.05) is 0 Å². The molecule has 0 aliphatic heterocycles. The van der Waals surface area contributed by atoms with Crippen molar-refractivity contribution < 1.29 is 19.7 Å². The first-order chi connectivity index (χ1) is 11.8. The average Bonchev–Trinajstić information content (AvgIpc) is 2.56. The quantitative estimate of drug-likeness (QED) is 0.487. The normalized spacial score (nSPS) is 10.6. The lowest BCUT2D eigenvalue weighted by atomic mass is 10.1. The number of hydrogen-bond donors (Lipinski definition) is 1. The first kappa shape index (κ1) is 17.8. The molecule has 2 aromatic rings. The smallest absolute Gasteiger partial charge is 0.277 e. The molecule has 2 aromatic carbocycles. The lowest BCUT2D eigenvalue weighted by molar-refractivity contribution is -0.403. The summed E-state index contributed by atoms with van der Waals surface area (Å²) in [6.45, 7) is 0. The largest absolute Gasteiger partial charge is 0.867 e. The Kier molecular flexibility index (Phi) is 5.25. The van der Waals surface area contributed by atoms with Crippen LogP contribution in [0.25, 0.3) is 0 Å². The van der Waals surface area contributed by atoms with Gasteiger partial charge >= 0.3 is 0 Å². The number of nitro groups is 2. The number of halogens is 1. The Balaban J connectivity index is 2.27. The van der Waals surface area contributed by atoms with Gasteiger partial charge in [0, 0.05) is 16.7 Å². The van der Waals surface area contributed by atoms with E-state index in [1.54, 1.807) is 24.3 Å². The number of carbonyl (C=O) groups is 1. The van der Waals surface area contributed by atoms with E-state index < -0.39 is 38.4 Å². The molecule has 2 rings (SSSR count). The number of rotatable bonds is 5. The maximum absolute atomic E-state index is 12.0. The summed E-state index contributed by atoms with van der Waals surface area (Å²) in [7, 11) is 0. The fourth-order valence-corrected chi connectivity index (χ4v) is 1.91. The summed E-state index contributed by atoms with van der Waals surface area (Å²) in [6.07, 6.45) is 1.24. The highest BCUT2D eigenvalue weighted by molar-refractivity contribution is 6.30. The monoisotopic (exact) mass is 363 g/mol. The van der Waals surface area contributed by atoms with Crippen LogP contribution in [0.3, 0.4) is 0 Å². The van der Waals surface area contributed by atoms with Gasteiger partial charge in [0.05, 0.1) is 22.1 Å². The molecule has 1 N–H and O–H groups in total. The minimum atomic E-state index is -1.24. The SMILES string of the molecule is O=C(N/N=C\c1ccc(Cl)cc1)c1cc([N+](=O)[O-])cc([N+](=O)[O-])c1[O-]. The molecule has 0 heterocycles. The second kappa shape index (κ2) is 7.36. The molecule has 11 heteroatoms. The summed E-state index contributed by atoms with van der Waals surface area (Å²) in [5.74, 6) is -2.35. The number of carbonyl (C=O) groups excluding carboxylic acids is 1. The van der Waals surface area contributed by atoms with Crippen LogP contribution in [0.1, 0.15) is 15.9 Å². The van der Waals surface area contributed by atoms with E-state index in [4.69, 9.17) is 11.6 Å². The molecule has 0 aliphatic carbocycles. The van der Waals surface area contributed by atoms with E-state index in [-0.39, 0.29) is 0 Å². The van der Waals surface area contributed by atoms with Gasteiger partial charge in [-0.1, -0.05) is 23.7 Å². The fraction of sp³-hybridized carbons (Fsp3) is 0. The fourth-order valence-electron chi connectivity index (χ4n) is 1.78. The van der Waals surface area contributed by atoms with Crippen molar-refractivity contribution in [2.45, 2.75) is 0 Å². The molecule has 0 saturated heterocycles. The van der Waals surface area contributed by atoms with Crippen LogP contribution in [-0.2, 0) is 0 Å². The van der Waals surface area contributed by atoms with Crippen molar-refractivity contribution in [2.24, 2.45) is 5.10 Å². The molecule has 0 aliphatic rings. The highest BCUT2D eigenvalue weighted by Crippen LogP contribution is 2.32. The number of hydrogen-bond acceptors (Lipinski definition) is 7. The zero-order valence-electron chi connectivity index (χ0n) is 12.2. The maximum Gasteiger partial charge on any atom is 0.277 e. The summed E-state index contributed by atoms with van der Waals surface area (Å²) in [4.78, 5) is 31.5. The lowest BCUT2D eigenvalue weighted by Crippen LogP contribution is -2.20. The van der Waals surface area contributed by atoms with Crippen LogP contribution in [0, 0.1) is 20.2 Å². The topological polar surface area (TPSA) is 151 Å². The minimum Gasteiger partial charge on any atom is -0.867 e. The van der Waals surface area contributed by atoms with E-state index in [2.05, 4.69) is 5.10 Å². The molecule has 0 atom stereocenters. The number of nitrogens with zero attached hydrogens (tertiary/aromatic N) is 3.